The van der Waals surface area contributed by atoms with Crippen molar-refractivity contribution in [2.24, 2.45) is 0 Å². The average molecular weight is 205 g/mol. The highest BCUT2D eigenvalue weighted by atomic mass is 19.1. The molecule has 0 radical (unpaired) electrons. The maximum Gasteiger partial charge on any atom is 0.275 e. The third-order valence-corrected chi connectivity index (χ3v) is 2.22. The lowest BCUT2D eigenvalue weighted by molar-refractivity contribution is 0.0708. The maximum atomic E-state index is 13.3. The first kappa shape index (κ1) is 9.61. The molecule has 2 aromatic carbocycles. The second-order valence-corrected chi connectivity index (χ2v) is 3.08. The van der Waals surface area contributed by atoms with Crippen LogP contribution in [0.3, 0.4) is 0 Å². The second kappa shape index (κ2) is 3.67. The van der Waals surface area contributed by atoms with Gasteiger partial charge in [0.1, 0.15) is 5.82 Å². The van der Waals surface area contributed by atoms with Crippen molar-refractivity contribution in [2.45, 2.75) is 0 Å². The molecule has 0 aliphatic rings. The van der Waals surface area contributed by atoms with E-state index in [1.165, 1.54) is 17.6 Å². The molecule has 0 saturated heterocycles. The van der Waals surface area contributed by atoms with Gasteiger partial charge in [-0.15, -0.1) is 0 Å². The summed E-state index contributed by atoms with van der Waals surface area (Å²) < 4.78 is 13.3. The van der Waals surface area contributed by atoms with Crippen molar-refractivity contribution >= 4 is 16.7 Å². The molecule has 0 bridgehead atoms. The van der Waals surface area contributed by atoms with E-state index in [9.17, 15) is 9.18 Å². The number of halogens is 1. The van der Waals surface area contributed by atoms with Crippen molar-refractivity contribution < 1.29 is 14.4 Å². The summed E-state index contributed by atoms with van der Waals surface area (Å²) in [5.74, 6) is -1.04. The molecule has 0 fully saturated rings. The Hall–Kier alpha value is -1.94. The Bertz CT molecular complexity index is 525. The predicted octanol–water partition coefficient (Wildman–Crippen LogP) is 2.10. The number of carbonyl (C=O) groups excluding carboxylic acids is 1. The maximum absolute atomic E-state index is 13.3. The van der Waals surface area contributed by atoms with Gasteiger partial charge in [-0.2, -0.15) is 0 Å². The molecule has 76 valence electrons. The molecule has 0 unspecified atom stereocenters. The van der Waals surface area contributed by atoms with Crippen LogP contribution in [0, 0.1) is 5.82 Å². The number of hydroxylamine groups is 1. The number of hydrogen-bond acceptors (Lipinski definition) is 2. The predicted molar refractivity (Wildman–Crippen MR) is 53.2 cm³/mol. The van der Waals surface area contributed by atoms with Crippen molar-refractivity contribution in [2.75, 3.05) is 0 Å². The van der Waals surface area contributed by atoms with Crippen molar-refractivity contribution in [1.29, 1.82) is 0 Å². The zero-order valence-corrected chi connectivity index (χ0v) is 7.70. The van der Waals surface area contributed by atoms with Gasteiger partial charge in [0.05, 0.1) is 0 Å². The van der Waals surface area contributed by atoms with Crippen molar-refractivity contribution in [3.8, 4) is 0 Å². The second-order valence-electron chi connectivity index (χ2n) is 3.08. The largest absolute Gasteiger partial charge is 0.288 e. The molecule has 2 rings (SSSR count). The highest BCUT2D eigenvalue weighted by Gasteiger charge is 2.10. The van der Waals surface area contributed by atoms with Crippen LogP contribution >= 0.6 is 0 Å². The van der Waals surface area contributed by atoms with Gasteiger partial charge >= 0.3 is 0 Å². The number of carbonyl (C=O) groups is 1. The summed E-state index contributed by atoms with van der Waals surface area (Å²) in [5.41, 5.74) is 1.78. The van der Waals surface area contributed by atoms with Gasteiger partial charge in [0.2, 0.25) is 0 Å². The lowest BCUT2D eigenvalue weighted by atomic mass is 10.0. The van der Waals surface area contributed by atoms with Crippen molar-refractivity contribution in [3.05, 3.63) is 47.8 Å². The highest BCUT2D eigenvalue weighted by molar-refractivity contribution is 6.06. The van der Waals surface area contributed by atoms with E-state index < -0.39 is 5.91 Å². The summed E-state index contributed by atoms with van der Waals surface area (Å²) in [5, 5.41) is 9.36. The summed E-state index contributed by atoms with van der Waals surface area (Å²) >= 11 is 0. The molecule has 0 aliphatic heterocycles. The highest BCUT2D eigenvalue weighted by Crippen LogP contribution is 2.21. The number of rotatable bonds is 1. The lowest BCUT2D eigenvalue weighted by Crippen LogP contribution is -2.18. The van der Waals surface area contributed by atoms with E-state index in [0.717, 1.165) is 0 Å². The molecule has 0 aromatic heterocycles. The zero-order valence-electron chi connectivity index (χ0n) is 7.70. The molecule has 0 spiro atoms. The molecule has 1 amide bonds. The fraction of sp³-hybridized carbons (Fsp3) is 0. The average Bonchev–Trinajstić information content (AvgIpc) is 2.29. The fourth-order valence-corrected chi connectivity index (χ4v) is 1.52. The summed E-state index contributed by atoms with van der Waals surface area (Å²) in [6.45, 7) is 0. The van der Waals surface area contributed by atoms with Gasteiger partial charge in [-0.1, -0.05) is 24.3 Å². The van der Waals surface area contributed by atoms with Crippen LogP contribution < -0.4 is 5.48 Å². The number of nitrogens with one attached hydrogen (secondary N) is 1. The van der Waals surface area contributed by atoms with Crippen LogP contribution in [-0.2, 0) is 0 Å². The molecule has 3 nitrogen and oxygen atoms in total. The monoisotopic (exact) mass is 205 g/mol. The molecule has 0 aliphatic carbocycles. The van der Waals surface area contributed by atoms with E-state index in [4.69, 9.17) is 5.21 Å². The topological polar surface area (TPSA) is 49.3 Å². The first-order valence-corrected chi connectivity index (χ1v) is 4.35. The van der Waals surface area contributed by atoms with Gasteiger partial charge in [0, 0.05) is 10.9 Å². The molecular formula is C11H8FNO2. The summed E-state index contributed by atoms with van der Waals surface area (Å²) in [4.78, 5) is 11.3. The van der Waals surface area contributed by atoms with E-state index in [1.807, 2.05) is 0 Å². The van der Waals surface area contributed by atoms with E-state index in [1.54, 1.807) is 24.3 Å². The first-order chi connectivity index (χ1) is 7.24. The molecule has 15 heavy (non-hydrogen) atoms. The Kier molecular flexibility index (Phi) is 2.35. The SMILES string of the molecule is O=C(NO)c1ccc(F)c2ccccc12. The minimum atomic E-state index is -0.647. The Morgan fingerprint density at radius 2 is 1.80 bits per heavy atom. The fourth-order valence-electron chi connectivity index (χ4n) is 1.52. The van der Waals surface area contributed by atoms with E-state index in [2.05, 4.69) is 0 Å². The summed E-state index contributed by atoms with van der Waals surface area (Å²) in [6, 6.07) is 9.14. The number of hydrogen-bond donors (Lipinski definition) is 2. The summed E-state index contributed by atoms with van der Waals surface area (Å²) in [6.07, 6.45) is 0. The van der Waals surface area contributed by atoms with Crippen LogP contribution in [-0.4, -0.2) is 11.1 Å². The first-order valence-electron chi connectivity index (χ1n) is 4.35. The minimum absolute atomic E-state index is 0.245. The molecule has 0 heterocycles. The van der Waals surface area contributed by atoms with E-state index in [-0.39, 0.29) is 11.4 Å². The van der Waals surface area contributed by atoms with Crippen LogP contribution in [0.2, 0.25) is 0 Å². The third kappa shape index (κ3) is 1.55. The molecule has 4 heteroatoms. The van der Waals surface area contributed by atoms with Crippen molar-refractivity contribution in [3.63, 3.8) is 0 Å². The Balaban J connectivity index is 2.77. The number of fused-ring (bicyclic) bond motifs is 1. The normalized spacial score (nSPS) is 10.3. The zero-order chi connectivity index (χ0) is 10.8. The quantitative estimate of drug-likeness (QED) is 0.553. The molecule has 0 saturated carbocycles. The van der Waals surface area contributed by atoms with E-state index in [0.29, 0.717) is 10.8 Å². The van der Waals surface area contributed by atoms with Gasteiger partial charge in [-0.25, -0.2) is 9.87 Å². The third-order valence-electron chi connectivity index (χ3n) is 2.22. The number of benzene rings is 2. The number of amides is 1. The van der Waals surface area contributed by atoms with Gasteiger partial charge in [-0.05, 0) is 17.5 Å². The summed E-state index contributed by atoms with van der Waals surface area (Å²) in [7, 11) is 0. The van der Waals surface area contributed by atoms with Crippen LogP contribution in [0.5, 0.6) is 0 Å². The standard InChI is InChI=1S/C11H8FNO2/c12-10-6-5-9(11(14)13-15)7-3-1-2-4-8(7)10/h1-6,15H,(H,13,14). The van der Waals surface area contributed by atoms with Gasteiger partial charge in [0.15, 0.2) is 0 Å². The molecule has 0 atom stereocenters. The van der Waals surface area contributed by atoms with Crippen LogP contribution in [0.4, 0.5) is 4.39 Å². The molecular weight excluding hydrogens is 197 g/mol. The van der Waals surface area contributed by atoms with Gasteiger partial charge in [-0.3, -0.25) is 10.0 Å². The van der Waals surface area contributed by atoms with E-state index >= 15 is 0 Å². The van der Waals surface area contributed by atoms with Crippen LogP contribution in [0.1, 0.15) is 10.4 Å². The van der Waals surface area contributed by atoms with Gasteiger partial charge < -0.3 is 0 Å². The van der Waals surface area contributed by atoms with Gasteiger partial charge in [0.25, 0.3) is 5.91 Å². The smallest absolute Gasteiger partial charge is 0.275 e. The molecule has 2 N–H and O–H groups in total. The Labute approximate surface area is 85.1 Å². The minimum Gasteiger partial charge on any atom is -0.288 e. The van der Waals surface area contributed by atoms with Crippen LogP contribution in [0.15, 0.2) is 36.4 Å². The lowest BCUT2D eigenvalue weighted by Gasteiger charge is -2.04. The van der Waals surface area contributed by atoms with Crippen LogP contribution in [0.25, 0.3) is 10.8 Å². The van der Waals surface area contributed by atoms with Crippen molar-refractivity contribution in [1.82, 2.24) is 5.48 Å². The molecule has 2 aromatic rings. The Morgan fingerprint density at radius 1 is 1.13 bits per heavy atom. The Morgan fingerprint density at radius 3 is 2.47 bits per heavy atom.